The van der Waals surface area contributed by atoms with Gasteiger partial charge in [0.25, 0.3) is 0 Å². The number of benzene rings is 1. The molecule has 0 aliphatic carbocycles. The third kappa shape index (κ3) is 4.42. The van der Waals surface area contributed by atoms with Crippen molar-refractivity contribution in [3.05, 3.63) is 29.8 Å². The Hall–Kier alpha value is -2.37. The van der Waals surface area contributed by atoms with Gasteiger partial charge in [-0.3, -0.25) is 9.59 Å². The Morgan fingerprint density at radius 1 is 1.37 bits per heavy atom. The fourth-order valence-corrected chi connectivity index (χ4v) is 1.50. The third-order valence-corrected chi connectivity index (χ3v) is 2.51. The van der Waals surface area contributed by atoms with Gasteiger partial charge in [-0.2, -0.15) is 0 Å². The van der Waals surface area contributed by atoms with Crippen molar-refractivity contribution < 1.29 is 19.1 Å². The molecule has 0 saturated carbocycles. The van der Waals surface area contributed by atoms with Crippen LogP contribution in [0.4, 0.5) is 5.69 Å². The zero-order valence-corrected chi connectivity index (χ0v) is 10.8. The third-order valence-electron chi connectivity index (χ3n) is 2.51. The van der Waals surface area contributed by atoms with E-state index in [0.717, 1.165) is 0 Å². The van der Waals surface area contributed by atoms with Crippen LogP contribution in [0, 0.1) is 5.92 Å². The SMILES string of the molecule is COC(=O)c1cccc(NC(=O)C(C)CC(N)=O)c1. The minimum atomic E-state index is -0.536. The summed E-state index contributed by atoms with van der Waals surface area (Å²) in [5, 5.41) is 2.61. The number of hydrogen-bond acceptors (Lipinski definition) is 4. The van der Waals surface area contributed by atoms with Gasteiger partial charge in [0, 0.05) is 18.0 Å². The molecule has 0 aromatic heterocycles. The average Bonchev–Trinajstić information content (AvgIpc) is 2.37. The summed E-state index contributed by atoms with van der Waals surface area (Å²) in [6, 6.07) is 6.34. The van der Waals surface area contributed by atoms with Crippen LogP contribution >= 0.6 is 0 Å². The molecule has 1 rings (SSSR count). The van der Waals surface area contributed by atoms with E-state index in [1.165, 1.54) is 13.2 Å². The van der Waals surface area contributed by atoms with E-state index < -0.39 is 17.8 Å². The largest absolute Gasteiger partial charge is 0.465 e. The maximum absolute atomic E-state index is 11.8. The van der Waals surface area contributed by atoms with Gasteiger partial charge in [-0.1, -0.05) is 13.0 Å². The van der Waals surface area contributed by atoms with E-state index in [1.807, 2.05) is 0 Å². The van der Waals surface area contributed by atoms with Gasteiger partial charge in [0.15, 0.2) is 0 Å². The summed E-state index contributed by atoms with van der Waals surface area (Å²) in [5.74, 6) is -1.88. The average molecular weight is 264 g/mol. The highest BCUT2D eigenvalue weighted by Gasteiger charge is 2.16. The van der Waals surface area contributed by atoms with Crippen LogP contribution in [0.5, 0.6) is 0 Å². The van der Waals surface area contributed by atoms with Gasteiger partial charge in [-0.15, -0.1) is 0 Å². The van der Waals surface area contributed by atoms with E-state index in [4.69, 9.17) is 5.73 Å². The Bertz CT molecular complexity index is 499. The molecule has 0 bridgehead atoms. The number of nitrogens with one attached hydrogen (secondary N) is 1. The number of ether oxygens (including phenoxy) is 1. The monoisotopic (exact) mass is 264 g/mol. The summed E-state index contributed by atoms with van der Waals surface area (Å²) in [5.41, 5.74) is 5.82. The lowest BCUT2D eigenvalue weighted by Crippen LogP contribution is -2.25. The Kier molecular flexibility index (Phi) is 5.05. The van der Waals surface area contributed by atoms with Gasteiger partial charge in [-0.05, 0) is 18.2 Å². The lowest BCUT2D eigenvalue weighted by molar-refractivity contribution is -0.125. The van der Waals surface area contributed by atoms with Crippen LogP contribution in [0.15, 0.2) is 24.3 Å². The lowest BCUT2D eigenvalue weighted by atomic mass is 10.1. The fourth-order valence-electron chi connectivity index (χ4n) is 1.50. The van der Waals surface area contributed by atoms with Crippen molar-refractivity contribution in [1.82, 2.24) is 0 Å². The number of amides is 2. The molecule has 2 amide bonds. The number of esters is 1. The summed E-state index contributed by atoms with van der Waals surface area (Å²) in [6.07, 6.45) is -0.0253. The minimum Gasteiger partial charge on any atom is -0.465 e. The number of carbonyl (C=O) groups is 3. The van der Waals surface area contributed by atoms with Crippen molar-refractivity contribution in [3.8, 4) is 0 Å². The molecular weight excluding hydrogens is 248 g/mol. The van der Waals surface area contributed by atoms with E-state index in [9.17, 15) is 14.4 Å². The van der Waals surface area contributed by atoms with Crippen LogP contribution in [0.25, 0.3) is 0 Å². The van der Waals surface area contributed by atoms with Gasteiger partial charge in [0.1, 0.15) is 0 Å². The second-order valence-corrected chi connectivity index (χ2v) is 4.13. The summed E-state index contributed by atoms with van der Waals surface area (Å²) in [7, 11) is 1.28. The van der Waals surface area contributed by atoms with Crippen LogP contribution < -0.4 is 11.1 Å². The first-order chi connectivity index (χ1) is 8.93. The number of hydrogen-bond donors (Lipinski definition) is 2. The van der Waals surface area contributed by atoms with E-state index >= 15 is 0 Å². The lowest BCUT2D eigenvalue weighted by Gasteiger charge is -2.11. The number of nitrogens with two attached hydrogens (primary N) is 1. The van der Waals surface area contributed by atoms with Crippen LogP contribution in [-0.2, 0) is 14.3 Å². The van der Waals surface area contributed by atoms with Gasteiger partial charge in [-0.25, -0.2) is 4.79 Å². The summed E-state index contributed by atoms with van der Waals surface area (Å²) in [4.78, 5) is 33.8. The normalized spacial score (nSPS) is 11.5. The van der Waals surface area contributed by atoms with Gasteiger partial charge >= 0.3 is 5.97 Å². The molecule has 0 fully saturated rings. The molecule has 19 heavy (non-hydrogen) atoms. The van der Waals surface area contributed by atoms with E-state index in [2.05, 4.69) is 10.1 Å². The summed E-state index contributed by atoms with van der Waals surface area (Å²) >= 11 is 0. The summed E-state index contributed by atoms with van der Waals surface area (Å²) in [6.45, 7) is 1.60. The maximum Gasteiger partial charge on any atom is 0.337 e. The van der Waals surface area contributed by atoms with Crippen molar-refractivity contribution in [1.29, 1.82) is 0 Å². The van der Waals surface area contributed by atoms with Crippen molar-refractivity contribution in [2.45, 2.75) is 13.3 Å². The fraction of sp³-hybridized carbons (Fsp3) is 0.308. The minimum absolute atomic E-state index is 0.0253. The Morgan fingerprint density at radius 2 is 2.05 bits per heavy atom. The van der Waals surface area contributed by atoms with Crippen LogP contribution in [0.3, 0.4) is 0 Å². The van der Waals surface area contributed by atoms with Gasteiger partial charge < -0.3 is 15.8 Å². The summed E-state index contributed by atoms with van der Waals surface area (Å²) < 4.78 is 4.58. The predicted octanol–water partition coefficient (Wildman–Crippen LogP) is 0.923. The van der Waals surface area contributed by atoms with Crippen molar-refractivity contribution >= 4 is 23.5 Å². The highest BCUT2D eigenvalue weighted by atomic mass is 16.5. The Balaban J connectivity index is 2.74. The Labute approximate surface area is 110 Å². The molecule has 6 nitrogen and oxygen atoms in total. The number of carbonyl (C=O) groups excluding carboxylic acids is 3. The van der Waals surface area contributed by atoms with Crippen LogP contribution in [0.2, 0.25) is 0 Å². The van der Waals surface area contributed by atoms with Gasteiger partial charge in [0.2, 0.25) is 11.8 Å². The first-order valence-electron chi connectivity index (χ1n) is 5.71. The molecule has 1 unspecified atom stereocenters. The second kappa shape index (κ2) is 6.53. The van der Waals surface area contributed by atoms with E-state index in [1.54, 1.807) is 25.1 Å². The number of rotatable bonds is 5. The molecule has 0 aliphatic rings. The van der Waals surface area contributed by atoms with E-state index in [0.29, 0.717) is 11.3 Å². The van der Waals surface area contributed by atoms with Crippen LogP contribution in [-0.4, -0.2) is 24.9 Å². The quantitative estimate of drug-likeness (QED) is 0.772. The molecule has 0 heterocycles. The predicted molar refractivity (Wildman–Crippen MR) is 69.4 cm³/mol. The molecule has 1 aromatic rings. The molecule has 0 saturated heterocycles. The standard InChI is InChI=1S/C13H16N2O4/c1-8(6-11(14)16)12(17)15-10-5-3-4-9(7-10)13(18)19-2/h3-5,7-8H,6H2,1-2H3,(H2,14,16)(H,15,17). The number of primary amides is 1. The van der Waals surface area contributed by atoms with Crippen molar-refractivity contribution in [3.63, 3.8) is 0 Å². The maximum atomic E-state index is 11.8. The molecule has 1 aromatic carbocycles. The number of anilines is 1. The molecule has 0 aliphatic heterocycles. The zero-order chi connectivity index (χ0) is 14.4. The first-order valence-corrected chi connectivity index (χ1v) is 5.71. The molecule has 6 heteroatoms. The molecule has 102 valence electrons. The smallest absolute Gasteiger partial charge is 0.337 e. The van der Waals surface area contributed by atoms with Crippen LogP contribution in [0.1, 0.15) is 23.7 Å². The number of methoxy groups -OCH3 is 1. The molecule has 1 atom stereocenters. The van der Waals surface area contributed by atoms with Crippen molar-refractivity contribution in [2.75, 3.05) is 12.4 Å². The molecular formula is C13H16N2O4. The topological polar surface area (TPSA) is 98.5 Å². The first kappa shape index (κ1) is 14.7. The Morgan fingerprint density at radius 3 is 2.63 bits per heavy atom. The highest BCUT2D eigenvalue weighted by molar-refractivity contribution is 5.96. The zero-order valence-electron chi connectivity index (χ0n) is 10.8. The van der Waals surface area contributed by atoms with Crippen molar-refractivity contribution in [2.24, 2.45) is 11.7 Å². The molecule has 0 spiro atoms. The van der Waals surface area contributed by atoms with E-state index in [-0.39, 0.29) is 12.3 Å². The van der Waals surface area contributed by atoms with Gasteiger partial charge in [0.05, 0.1) is 12.7 Å². The highest BCUT2D eigenvalue weighted by Crippen LogP contribution is 2.13. The second-order valence-electron chi connectivity index (χ2n) is 4.13. The molecule has 3 N–H and O–H groups in total. The molecule has 0 radical (unpaired) electrons.